The molecule has 0 saturated heterocycles. The summed E-state index contributed by atoms with van der Waals surface area (Å²) in [5, 5.41) is 8.60. The highest BCUT2D eigenvalue weighted by Crippen LogP contribution is 2.35. The molecule has 1 aromatic carbocycles. The van der Waals surface area contributed by atoms with Gasteiger partial charge in [0.2, 0.25) is 10.0 Å². The summed E-state index contributed by atoms with van der Waals surface area (Å²) in [7, 11) is -7.24. The Hall–Kier alpha value is -2.54. The van der Waals surface area contributed by atoms with Crippen molar-refractivity contribution < 1.29 is 16.8 Å². The molecule has 1 saturated carbocycles. The molecule has 1 fully saturated rings. The molecular weight excluding hydrogens is 512 g/mol. The van der Waals surface area contributed by atoms with Gasteiger partial charge in [0.1, 0.15) is 5.82 Å². The number of aromatic nitrogens is 5. The van der Waals surface area contributed by atoms with Gasteiger partial charge in [-0.1, -0.05) is 17.7 Å². The largest absolute Gasteiger partial charge is 0.274 e. The number of hydrogen-bond acceptors (Lipinski definition) is 7. The highest BCUT2D eigenvalue weighted by molar-refractivity contribution is 7.90. The van der Waals surface area contributed by atoms with Crippen LogP contribution in [-0.4, -0.2) is 58.1 Å². The summed E-state index contributed by atoms with van der Waals surface area (Å²) < 4.78 is 56.9. The van der Waals surface area contributed by atoms with Crippen LogP contribution >= 0.6 is 11.6 Å². The van der Waals surface area contributed by atoms with Crippen LogP contribution in [0.1, 0.15) is 43.0 Å². The van der Waals surface area contributed by atoms with Gasteiger partial charge in [-0.15, -0.1) is 21.8 Å². The third-order valence-corrected chi connectivity index (χ3v) is 9.80. The number of rotatable bonds is 8. The van der Waals surface area contributed by atoms with Crippen LogP contribution in [0.4, 0.5) is 0 Å². The van der Waals surface area contributed by atoms with Crippen molar-refractivity contribution in [3.05, 3.63) is 54.1 Å². The quantitative estimate of drug-likeness (QED) is 0.343. The predicted octanol–water partition coefficient (Wildman–Crippen LogP) is 2.81. The lowest BCUT2D eigenvalue weighted by Crippen LogP contribution is -2.34. The Morgan fingerprint density at radius 3 is 2.60 bits per heavy atom. The van der Waals surface area contributed by atoms with E-state index in [-0.39, 0.29) is 28.3 Å². The number of hydrogen-bond donors (Lipinski definition) is 1. The zero-order valence-corrected chi connectivity index (χ0v) is 21.4. The summed E-state index contributed by atoms with van der Waals surface area (Å²) in [4.78, 5) is 4.54. The summed E-state index contributed by atoms with van der Waals surface area (Å²) >= 11 is 5.63. The number of nitrogens with one attached hydrogen (secondary N) is 1. The van der Waals surface area contributed by atoms with Gasteiger partial charge < -0.3 is 0 Å². The van der Waals surface area contributed by atoms with Crippen LogP contribution in [0.2, 0.25) is 0 Å². The van der Waals surface area contributed by atoms with E-state index in [0.29, 0.717) is 42.1 Å². The van der Waals surface area contributed by atoms with Gasteiger partial charge in [0.25, 0.3) is 10.0 Å². The van der Waals surface area contributed by atoms with Crippen molar-refractivity contribution in [3.63, 3.8) is 0 Å². The molecule has 186 valence electrons. The first-order valence-corrected chi connectivity index (χ1v) is 14.9. The topological polar surface area (TPSA) is 128 Å². The van der Waals surface area contributed by atoms with Crippen molar-refractivity contribution in [1.82, 2.24) is 28.3 Å². The molecule has 3 aromatic heterocycles. The molecule has 1 aliphatic carbocycles. The molecule has 0 bridgehead atoms. The van der Waals surface area contributed by atoms with Crippen LogP contribution in [0.3, 0.4) is 0 Å². The zero-order chi connectivity index (χ0) is 24.8. The molecule has 2 atom stereocenters. The first-order chi connectivity index (χ1) is 16.7. The van der Waals surface area contributed by atoms with Gasteiger partial charge in [-0.2, -0.15) is 0 Å². The molecule has 0 aliphatic heterocycles. The maximum Gasteiger partial charge on any atom is 0.269 e. The first kappa shape index (κ1) is 24.2. The average Bonchev–Trinajstić information content (AvgIpc) is 3.55. The average molecular weight is 537 g/mol. The Bertz CT molecular complexity index is 1600. The molecule has 0 radical (unpaired) electrons. The van der Waals surface area contributed by atoms with E-state index in [4.69, 9.17) is 11.6 Å². The van der Waals surface area contributed by atoms with E-state index in [9.17, 15) is 16.8 Å². The van der Waals surface area contributed by atoms with E-state index in [1.54, 1.807) is 30.3 Å². The van der Waals surface area contributed by atoms with E-state index in [1.807, 2.05) is 11.3 Å². The Balaban J connectivity index is 1.48. The summed E-state index contributed by atoms with van der Waals surface area (Å²) in [5.74, 6) is 0.929. The smallest absolute Gasteiger partial charge is 0.269 e. The fourth-order valence-corrected chi connectivity index (χ4v) is 7.57. The van der Waals surface area contributed by atoms with Crippen LogP contribution < -0.4 is 4.72 Å². The Labute approximate surface area is 208 Å². The van der Waals surface area contributed by atoms with Gasteiger partial charge >= 0.3 is 0 Å². The van der Waals surface area contributed by atoms with Crippen molar-refractivity contribution in [1.29, 1.82) is 0 Å². The zero-order valence-electron chi connectivity index (χ0n) is 19.0. The molecule has 10 nitrogen and oxygen atoms in total. The molecule has 13 heteroatoms. The van der Waals surface area contributed by atoms with Crippen molar-refractivity contribution >= 4 is 48.5 Å². The summed E-state index contributed by atoms with van der Waals surface area (Å²) in [5.41, 5.74) is 2.32. The molecule has 0 spiro atoms. The molecule has 5 rings (SSSR count). The van der Waals surface area contributed by atoms with Crippen LogP contribution in [0.5, 0.6) is 0 Å². The number of halogens is 1. The number of benzene rings is 1. The second-order valence-corrected chi connectivity index (χ2v) is 12.9. The molecule has 35 heavy (non-hydrogen) atoms. The van der Waals surface area contributed by atoms with Gasteiger partial charge in [-0.25, -0.2) is 30.5 Å². The minimum atomic E-state index is -3.85. The number of aryl methyl sites for hydroxylation is 1. The van der Waals surface area contributed by atoms with Crippen molar-refractivity contribution in [2.75, 3.05) is 11.6 Å². The van der Waals surface area contributed by atoms with Crippen molar-refractivity contribution in [3.8, 4) is 0 Å². The normalized spacial score (nSPS) is 19.1. The minimum Gasteiger partial charge on any atom is -0.274 e. The third-order valence-electron chi connectivity index (χ3n) is 6.33. The van der Waals surface area contributed by atoms with Gasteiger partial charge in [0, 0.05) is 24.0 Å². The predicted molar refractivity (Wildman–Crippen MR) is 133 cm³/mol. The van der Waals surface area contributed by atoms with Gasteiger partial charge in [-0.05, 0) is 50.8 Å². The van der Waals surface area contributed by atoms with Gasteiger partial charge in [0.15, 0.2) is 11.3 Å². The van der Waals surface area contributed by atoms with Crippen molar-refractivity contribution in [2.45, 2.75) is 49.5 Å². The molecule has 4 aromatic rings. The third kappa shape index (κ3) is 4.55. The van der Waals surface area contributed by atoms with Crippen LogP contribution in [0, 0.1) is 6.92 Å². The fourth-order valence-electron chi connectivity index (χ4n) is 4.61. The highest BCUT2D eigenvalue weighted by Gasteiger charge is 2.32. The standard InChI is InChI=1S/C22H25ClN6O4S2/c1-15-3-7-18(8-4-15)35(32,33)28-11-9-19-22(28)24-14-20-25-26-21(29(19)20)16-5-6-17(13-16)27-34(30,31)12-2-10-23/h3-4,7-9,11,14,16-17,27H,2,5-6,10,12-13H2,1H3/t16-,17+/m1/s1. The van der Waals surface area contributed by atoms with Gasteiger partial charge in [0.05, 0.1) is 22.4 Å². The Kier molecular flexibility index (Phi) is 6.32. The lowest BCUT2D eigenvalue weighted by atomic mass is 10.1. The summed E-state index contributed by atoms with van der Waals surface area (Å²) in [6.45, 7) is 1.89. The van der Waals surface area contributed by atoms with E-state index in [0.717, 1.165) is 12.0 Å². The molecule has 1 aliphatic rings. The monoisotopic (exact) mass is 536 g/mol. The molecular formula is C22H25ClN6O4S2. The maximum atomic E-state index is 13.3. The SMILES string of the molecule is Cc1ccc(S(=O)(=O)n2ccc3c2ncc2nnc([C@@H]4CC[C@H](NS(=O)(=O)CCCCl)C4)n23)cc1. The molecule has 3 heterocycles. The molecule has 0 unspecified atom stereocenters. The molecule has 0 amide bonds. The van der Waals surface area contributed by atoms with Crippen LogP contribution in [0.25, 0.3) is 16.8 Å². The lowest BCUT2D eigenvalue weighted by molar-refractivity contribution is 0.546. The van der Waals surface area contributed by atoms with Crippen molar-refractivity contribution in [2.24, 2.45) is 0 Å². The number of alkyl halides is 1. The van der Waals surface area contributed by atoms with Crippen LogP contribution in [0.15, 0.2) is 47.6 Å². The number of fused-ring (bicyclic) bond motifs is 3. The van der Waals surface area contributed by atoms with E-state index in [2.05, 4.69) is 19.9 Å². The highest BCUT2D eigenvalue weighted by atomic mass is 35.5. The maximum absolute atomic E-state index is 13.3. The summed E-state index contributed by atoms with van der Waals surface area (Å²) in [6.07, 6.45) is 5.37. The minimum absolute atomic E-state index is 0.000787. The Morgan fingerprint density at radius 1 is 1.09 bits per heavy atom. The second-order valence-electron chi connectivity index (χ2n) is 8.83. The number of nitrogens with zero attached hydrogens (tertiary/aromatic N) is 5. The second kappa shape index (κ2) is 9.16. The van der Waals surface area contributed by atoms with Crippen LogP contribution in [-0.2, 0) is 20.0 Å². The van der Waals surface area contributed by atoms with E-state index in [1.165, 1.54) is 16.4 Å². The van der Waals surface area contributed by atoms with E-state index >= 15 is 0 Å². The first-order valence-electron chi connectivity index (χ1n) is 11.3. The fraction of sp³-hybridized carbons (Fsp3) is 0.409. The molecule has 1 N–H and O–H groups in total. The summed E-state index contributed by atoms with van der Waals surface area (Å²) in [6, 6.07) is 8.15. The van der Waals surface area contributed by atoms with Gasteiger partial charge in [-0.3, -0.25) is 4.40 Å². The van der Waals surface area contributed by atoms with E-state index < -0.39 is 20.0 Å². The Morgan fingerprint density at radius 2 is 1.86 bits per heavy atom. The lowest BCUT2D eigenvalue weighted by Gasteiger charge is -2.13. The number of sulfonamides is 1.